The van der Waals surface area contributed by atoms with Crippen molar-refractivity contribution in [2.24, 2.45) is 0 Å². The van der Waals surface area contributed by atoms with Gasteiger partial charge in [-0.15, -0.1) is 0 Å². The fourth-order valence-electron chi connectivity index (χ4n) is 1.26. The first-order chi connectivity index (χ1) is 7.22. The minimum Gasteiger partial charge on any atom is -0.491 e. The molecule has 15 heavy (non-hydrogen) atoms. The maximum atomic E-state index is 5.55. The molecule has 1 N–H and O–H groups in total. The predicted octanol–water partition coefficient (Wildman–Crippen LogP) is 2.17. The molecule has 0 aliphatic rings. The molecule has 0 radical (unpaired) electrons. The Hall–Kier alpha value is -1.06. The lowest BCUT2D eigenvalue weighted by Crippen LogP contribution is -2.15. The van der Waals surface area contributed by atoms with Crippen LogP contribution in [0.3, 0.4) is 0 Å². The normalized spacial score (nSPS) is 10.7. The molecule has 0 saturated heterocycles. The van der Waals surface area contributed by atoms with Crippen LogP contribution >= 0.6 is 0 Å². The highest BCUT2D eigenvalue weighted by Crippen LogP contribution is 2.13. The summed E-state index contributed by atoms with van der Waals surface area (Å²) in [5.74, 6) is 0.917. The standard InChI is InChI=1S/C12H19NO2/c1-10(2)15-12-6-4-11(5-7-12)8-13-9-14-3/h4-7,10,13H,8-9H2,1-3H3. The van der Waals surface area contributed by atoms with E-state index in [0.29, 0.717) is 6.73 Å². The largest absolute Gasteiger partial charge is 0.491 e. The molecule has 1 aromatic rings. The summed E-state index contributed by atoms with van der Waals surface area (Å²) >= 11 is 0. The molecule has 1 aromatic carbocycles. The number of rotatable bonds is 6. The maximum Gasteiger partial charge on any atom is 0.119 e. The molecule has 3 nitrogen and oxygen atoms in total. The van der Waals surface area contributed by atoms with Gasteiger partial charge >= 0.3 is 0 Å². The number of methoxy groups -OCH3 is 1. The van der Waals surface area contributed by atoms with E-state index >= 15 is 0 Å². The van der Waals surface area contributed by atoms with E-state index in [0.717, 1.165) is 12.3 Å². The van der Waals surface area contributed by atoms with Gasteiger partial charge in [0.05, 0.1) is 12.8 Å². The van der Waals surface area contributed by atoms with E-state index in [4.69, 9.17) is 9.47 Å². The third-order valence-corrected chi connectivity index (χ3v) is 1.87. The van der Waals surface area contributed by atoms with Crippen molar-refractivity contribution in [1.82, 2.24) is 5.32 Å². The number of hydrogen-bond donors (Lipinski definition) is 1. The van der Waals surface area contributed by atoms with E-state index in [1.807, 2.05) is 26.0 Å². The molecular weight excluding hydrogens is 190 g/mol. The van der Waals surface area contributed by atoms with Gasteiger partial charge in [-0.25, -0.2) is 0 Å². The Morgan fingerprint density at radius 1 is 1.20 bits per heavy atom. The average Bonchev–Trinajstić information content (AvgIpc) is 2.20. The highest BCUT2D eigenvalue weighted by molar-refractivity contribution is 5.27. The van der Waals surface area contributed by atoms with Crippen LogP contribution in [0.4, 0.5) is 0 Å². The van der Waals surface area contributed by atoms with Crippen LogP contribution in [0.1, 0.15) is 19.4 Å². The van der Waals surface area contributed by atoms with Crippen LogP contribution in [0, 0.1) is 0 Å². The quantitative estimate of drug-likeness (QED) is 0.575. The van der Waals surface area contributed by atoms with Crippen LogP contribution in [-0.4, -0.2) is 19.9 Å². The van der Waals surface area contributed by atoms with Crippen LogP contribution in [0.2, 0.25) is 0 Å². The molecule has 1 rings (SSSR count). The number of nitrogens with one attached hydrogen (secondary N) is 1. The van der Waals surface area contributed by atoms with Crippen molar-refractivity contribution in [3.8, 4) is 5.75 Å². The first kappa shape index (κ1) is 12.0. The zero-order valence-corrected chi connectivity index (χ0v) is 9.62. The molecule has 0 aliphatic carbocycles. The summed E-state index contributed by atoms with van der Waals surface area (Å²) in [5.41, 5.74) is 1.23. The summed E-state index contributed by atoms with van der Waals surface area (Å²) < 4.78 is 10.5. The van der Waals surface area contributed by atoms with E-state index in [1.165, 1.54) is 5.56 Å². The summed E-state index contributed by atoms with van der Waals surface area (Å²) in [6.07, 6.45) is 0.225. The van der Waals surface area contributed by atoms with Crippen LogP contribution in [0.15, 0.2) is 24.3 Å². The summed E-state index contributed by atoms with van der Waals surface area (Å²) in [6.45, 7) is 5.43. The number of hydrogen-bond acceptors (Lipinski definition) is 3. The fraction of sp³-hybridized carbons (Fsp3) is 0.500. The Morgan fingerprint density at radius 3 is 2.40 bits per heavy atom. The van der Waals surface area contributed by atoms with Gasteiger partial charge in [0, 0.05) is 13.7 Å². The van der Waals surface area contributed by atoms with Crippen molar-refractivity contribution in [3.05, 3.63) is 29.8 Å². The molecule has 0 bridgehead atoms. The fourth-order valence-corrected chi connectivity index (χ4v) is 1.26. The van der Waals surface area contributed by atoms with Crippen molar-refractivity contribution in [3.63, 3.8) is 0 Å². The van der Waals surface area contributed by atoms with Gasteiger partial charge in [-0.2, -0.15) is 0 Å². The van der Waals surface area contributed by atoms with Gasteiger partial charge in [0.15, 0.2) is 0 Å². The molecule has 0 amide bonds. The Kier molecular flexibility index (Phi) is 5.15. The molecule has 0 fully saturated rings. The van der Waals surface area contributed by atoms with Crippen LogP contribution < -0.4 is 10.1 Å². The van der Waals surface area contributed by atoms with Gasteiger partial charge in [0.2, 0.25) is 0 Å². The van der Waals surface area contributed by atoms with Crippen molar-refractivity contribution in [2.45, 2.75) is 26.5 Å². The molecule has 0 aromatic heterocycles. The molecule has 0 spiro atoms. The molecule has 3 heteroatoms. The molecule has 0 aliphatic heterocycles. The monoisotopic (exact) mass is 209 g/mol. The van der Waals surface area contributed by atoms with E-state index in [9.17, 15) is 0 Å². The molecule has 0 atom stereocenters. The molecule has 0 saturated carbocycles. The van der Waals surface area contributed by atoms with E-state index < -0.39 is 0 Å². The second kappa shape index (κ2) is 6.43. The first-order valence-corrected chi connectivity index (χ1v) is 5.17. The van der Waals surface area contributed by atoms with Crippen molar-refractivity contribution < 1.29 is 9.47 Å². The first-order valence-electron chi connectivity index (χ1n) is 5.17. The van der Waals surface area contributed by atoms with Crippen molar-refractivity contribution in [1.29, 1.82) is 0 Å². The second-order valence-electron chi connectivity index (χ2n) is 3.67. The Labute approximate surface area is 91.4 Å². The molecule has 0 heterocycles. The lowest BCUT2D eigenvalue weighted by atomic mass is 10.2. The van der Waals surface area contributed by atoms with Crippen molar-refractivity contribution >= 4 is 0 Å². The Bertz CT molecular complexity index is 269. The second-order valence-corrected chi connectivity index (χ2v) is 3.67. The van der Waals surface area contributed by atoms with Gasteiger partial charge in [-0.05, 0) is 31.5 Å². The highest BCUT2D eigenvalue weighted by atomic mass is 16.5. The molecule has 0 unspecified atom stereocenters. The van der Waals surface area contributed by atoms with Gasteiger partial charge in [0.1, 0.15) is 5.75 Å². The lowest BCUT2D eigenvalue weighted by molar-refractivity contribution is 0.174. The smallest absolute Gasteiger partial charge is 0.119 e. The van der Waals surface area contributed by atoms with Crippen LogP contribution in [0.5, 0.6) is 5.75 Å². The van der Waals surface area contributed by atoms with Crippen molar-refractivity contribution in [2.75, 3.05) is 13.8 Å². The van der Waals surface area contributed by atoms with Gasteiger partial charge in [-0.3, -0.25) is 5.32 Å². The summed E-state index contributed by atoms with van der Waals surface area (Å²) in [6, 6.07) is 8.09. The number of benzene rings is 1. The summed E-state index contributed by atoms with van der Waals surface area (Å²) in [4.78, 5) is 0. The third kappa shape index (κ3) is 4.81. The minimum absolute atomic E-state index is 0.225. The van der Waals surface area contributed by atoms with E-state index in [1.54, 1.807) is 7.11 Å². The van der Waals surface area contributed by atoms with Crippen LogP contribution in [-0.2, 0) is 11.3 Å². The Balaban J connectivity index is 2.42. The summed E-state index contributed by atoms with van der Waals surface area (Å²) in [5, 5.41) is 3.15. The SMILES string of the molecule is COCNCc1ccc(OC(C)C)cc1. The zero-order chi connectivity index (χ0) is 11.1. The summed E-state index contributed by atoms with van der Waals surface area (Å²) in [7, 11) is 1.67. The average molecular weight is 209 g/mol. The van der Waals surface area contributed by atoms with Crippen LogP contribution in [0.25, 0.3) is 0 Å². The maximum absolute atomic E-state index is 5.55. The number of ether oxygens (including phenoxy) is 2. The van der Waals surface area contributed by atoms with Gasteiger partial charge in [0.25, 0.3) is 0 Å². The Morgan fingerprint density at radius 2 is 1.87 bits per heavy atom. The minimum atomic E-state index is 0.225. The third-order valence-electron chi connectivity index (χ3n) is 1.87. The highest BCUT2D eigenvalue weighted by Gasteiger charge is 1.97. The topological polar surface area (TPSA) is 30.5 Å². The van der Waals surface area contributed by atoms with Gasteiger partial charge < -0.3 is 9.47 Å². The molecule has 84 valence electrons. The lowest BCUT2D eigenvalue weighted by Gasteiger charge is -2.10. The predicted molar refractivity (Wildman–Crippen MR) is 60.9 cm³/mol. The van der Waals surface area contributed by atoms with E-state index in [-0.39, 0.29) is 6.10 Å². The molecular formula is C12H19NO2. The zero-order valence-electron chi connectivity index (χ0n) is 9.62. The van der Waals surface area contributed by atoms with Gasteiger partial charge in [-0.1, -0.05) is 12.1 Å². The van der Waals surface area contributed by atoms with E-state index in [2.05, 4.69) is 17.4 Å².